The third-order valence-corrected chi connectivity index (χ3v) is 4.95. The number of nitrogens with zero attached hydrogens (tertiary/aromatic N) is 3. The fourth-order valence-electron chi connectivity index (χ4n) is 2.80. The van der Waals surface area contributed by atoms with Crippen molar-refractivity contribution < 1.29 is 0 Å². The van der Waals surface area contributed by atoms with Gasteiger partial charge < -0.3 is 0 Å². The number of aryl methyl sites for hydroxylation is 2. The molecule has 4 heteroatoms. The molecule has 2 aromatic heterocycles. The lowest BCUT2D eigenvalue weighted by Gasteiger charge is -2.02. The van der Waals surface area contributed by atoms with Gasteiger partial charge in [-0.1, -0.05) is 30.3 Å². The molecule has 0 aliphatic heterocycles. The summed E-state index contributed by atoms with van der Waals surface area (Å²) in [6.07, 6.45) is 2.09. The maximum absolute atomic E-state index is 4.64. The smallest absolute Gasteiger partial charge is 0.234 e. The second-order valence-electron chi connectivity index (χ2n) is 5.74. The van der Waals surface area contributed by atoms with Gasteiger partial charge in [0, 0.05) is 28.2 Å². The Morgan fingerprint density at radius 3 is 2.65 bits per heavy atom. The first kappa shape index (κ1) is 14.3. The Hall–Kier alpha value is -2.33. The third kappa shape index (κ3) is 2.82. The number of rotatable bonds is 3. The summed E-state index contributed by atoms with van der Waals surface area (Å²) < 4.78 is 2.06. The molecule has 0 saturated heterocycles. The average molecular weight is 319 g/mol. The van der Waals surface area contributed by atoms with Crippen molar-refractivity contribution in [2.24, 2.45) is 0 Å². The predicted octanol–water partition coefficient (Wildman–Crippen LogP) is 4.79. The van der Waals surface area contributed by atoms with Crippen molar-refractivity contribution in [2.45, 2.75) is 24.5 Å². The summed E-state index contributed by atoms with van der Waals surface area (Å²) >= 11 is 1.81. The van der Waals surface area contributed by atoms with Crippen LogP contribution >= 0.6 is 11.8 Å². The standard InChI is InChI=1S/C19H17N3S/c1-13-9-14(2)22-11-17(21-19(22)20-13)12-23-18-8-7-15-5-3-4-6-16(15)10-18/h3-11H,12H2,1-2H3. The van der Waals surface area contributed by atoms with Gasteiger partial charge in [0.15, 0.2) is 0 Å². The number of hydrogen-bond acceptors (Lipinski definition) is 3. The first-order valence-corrected chi connectivity index (χ1v) is 8.61. The van der Waals surface area contributed by atoms with E-state index >= 15 is 0 Å². The number of imidazole rings is 1. The molecule has 0 fully saturated rings. The second-order valence-corrected chi connectivity index (χ2v) is 6.79. The number of hydrogen-bond donors (Lipinski definition) is 0. The van der Waals surface area contributed by atoms with E-state index in [0.717, 1.165) is 22.9 Å². The molecular formula is C19H17N3S. The van der Waals surface area contributed by atoms with Gasteiger partial charge >= 0.3 is 0 Å². The summed E-state index contributed by atoms with van der Waals surface area (Å²) in [4.78, 5) is 10.4. The van der Waals surface area contributed by atoms with Gasteiger partial charge in [0.1, 0.15) is 0 Å². The average Bonchev–Trinajstić information content (AvgIpc) is 2.96. The maximum Gasteiger partial charge on any atom is 0.234 e. The van der Waals surface area contributed by atoms with Gasteiger partial charge in [0.05, 0.1) is 5.69 Å². The van der Waals surface area contributed by atoms with E-state index in [4.69, 9.17) is 0 Å². The fourth-order valence-corrected chi connectivity index (χ4v) is 3.63. The van der Waals surface area contributed by atoms with Crippen molar-refractivity contribution in [2.75, 3.05) is 0 Å². The van der Waals surface area contributed by atoms with Gasteiger partial charge in [-0.05, 0) is 42.8 Å². The highest BCUT2D eigenvalue weighted by molar-refractivity contribution is 7.98. The Balaban J connectivity index is 1.59. The molecule has 0 radical (unpaired) electrons. The van der Waals surface area contributed by atoms with Crippen molar-refractivity contribution in [3.63, 3.8) is 0 Å². The first-order valence-electron chi connectivity index (χ1n) is 7.63. The zero-order valence-corrected chi connectivity index (χ0v) is 14.0. The van der Waals surface area contributed by atoms with Crippen LogP contribution < -0.4 is 0 Å². The number of thioether (sulfide) groups is 1. The van der Waals surface area contributed by atoms with Gasteiger partial charge in [-0.3, -0.25) is 4.40 Å². The molecule has 4 aromatic rings. The number of aromatic nitrogens is 3. The molecule has 0 N–H and O–H groups in total. The molecule has 0 spiro atoms. The summed E-state index contributed by atoms with van der Waals surface area (Å²) in [5.41, 5.74) is 3.24. The van der Waals surface area contributed by atoms with Crippen molar-refractivity contribution in [1.82, 2.24) is 14.4 Å². The molecule has 114 valence electrons. The molecule has 2 aromatic carbocycles. The highest BCUT2D eigenvalue weighted by Gasteiger charge is 2.06. The largest absolute Gasteiger partial charge is 0.288 e. The molecule has 3 nitrogen and oxygen atoms in total. The predicted molar refractivity (Wildman–Crippen MR) is 96.0 cm³/mol. The fraction of sp³-hybridized carbons (Fsp3) is 0.158. The highest BCUT2D eigenvalue weighted by atomic mass is 32.2. The molecule has 23 heavy (non-hydrogen) atoms. The molecule has 0 saturated carbocycles. The van der Waals surface area contributed by atoms with E-state index in [0.29, 0.717) is 0 Å². The second kappa shape index (κ2) is 5.70. The molecule has 0 amide bonds. The van der Waals surface area contributed by atoms with Gasteiger partial charge in [0.25, 0.3) is 0 Å². The van der Waals surface area contributed by atoms with Crippen LogP contribution in [0.4, 0.5) is 0 Å². The Kier molecular flexibility index (Phi) is 3.54. The van der Waals surface area contributed by atoms with E-state index in [-0.39, 0.29) is 0 Å². The Labute approximate surface area is 139 Å². The topological polar surface area (TPSA) is 30.2 Å². The Morgan fingerprint density at radius 1 is 0.957 bits per heavy atom. The Bertz CT molecular complexity index is 1000. The van der Waals surface area contributed by atoms with Crippen molar-refractivity contribution in [1.29, 1.82) is 0 Å². The summed E-state index contributed by atoms with van der Waals surface area (Å²) in [7, 11) is 0. The van der Waals surface area contributed by atoms with Gasteiger partial charge in [0.2, 0.25) is 5.78 Å². The summed E-state index contributed by atoms with van der Waals surface area (Å²) in [5.74, 6) is 1.64. The minimum Gasteiger partial charge on any atom is -0.288 e. The molecule has 0 aliphatic rings. The molecule has 4 rings (SSSR count). The molecule has 0 unspecified atom stereocenters. The van der Waals surface area contributed by atoms with E-state index in [1.165, 1.54) is 21.4 Å². The van der Waals surface area contributed by atoms with Crippen molar-refractivity contribution >= 4 is 28.3 Å². The highest BCUT2D eigenvalue weighted by Crippen LogP contribution is 2.26. The van der Waals surface area contributed by atoms with Crippen LogP contribution in [0.15, 0.2) is 59.6 Å². The number of fused-ring (bicyclic) bond motifs is 2. The lowest BCUT2D eigenvalue weighted by atomic mass is 10.1. The van der Waals surface area contributed by atoms with Crippen molar-refractivity contribution in [3.8, 4) is 0 Å². The summed E-state index contributed by atoms with van der Waals surface area (Å²) in [6.45, 7) is 4.09. The minimum absolute atomic E-state index is 0.789. The van der Waals surface area contributed by atoms with Gasteiger partial charge in [-0.25, -0.2) is 9.97 Å². The minimum atomic E-state index is 0.789. The van der Waals surface area contributed by atoms with Crippen molar-refractivity contribution in [3.05, 3.63) is 71.8 Å². The molecule has 0 atom stereocenters. The zero-order chi connectivity index (χ0) is 15.8. The van der Waals surface area contributed by atoms with E-state index in [2.05, 4.69) is 76.0 Å². The van der Waals surface area contributed by atoms with Gasteiger partial charge in [-0.15, -0.1) is 11.8 Å². The van der Waals surface area contributed by atoms with E-state index in [9.17, 15) is 0 Å². The SMILES string of the molecule is Cc1cc(C)n2cc(CSc3ccc4ccccc4c3)nc2n1. The van der Waals surface area contributed by atoms with Gasteiger partial charge in [-0.2, -0.15) is 0 Å². The normalized spacial score (nSPS) is 11.4. The van der Waals surface area contributed by atoms with Crippen LogP contribution in [0.25, 0.3) is 16.6 Å². The number of benzene rings is 2. The summed E-state index contributed by atoms with van der Waals surface area (Å²) in [6, 6.07) is 17.1. The summed E-state index contributed by atoms with van der Waals surface area (Å²) in [5, 5.41) is 2.56. The van der Waals surface area contributed by atoms with Crippen LogP contribution in [0.5, 0.6) is 0 Å². The van der Waals surface area contributed by atoms with Crippen LogP contribution in [0.3, 0.4) is 0 Å². The van der Waals surface area contributed by atoms with Crippen LogP contribution in [0.2, 0.25) is 0 Å². The van der Waals surface area contributed by atoms with E-state index < -0.39 is 0 Å². The lowest BCUT2D eigenvalue weighted by molar-refractivity contribution is 1.01. The molecular weight excluding hydrogens is 302 g/mol. The van der Waals surface area contributed by atoms with E-state index in [1.807, 2.05) is 18.7 Å². The molecule has 0 bridgehead atoms. The van der Waals surface area contributed by atoms with Crippen LogP contribution in [-0.4, -0.2) is 14.4 Å². The quantitative estimate of drug-likeness (QED) is 0.509. The van der Waals surface area contributed by atoms with Crippen LogP contribution in [-0.2, 0) is 5.75 Å². The third-order valence-electron chi connectivity index (χ3n) is 3.92. The lowest BCUT2D eigenvalue weighted by Crippen LogP contribution is -1.94. The van der Waals surface area contributed by atoms with Crippen LogP contribution in [0.1, 0.15) is 17.1 Å². The van der Waals surface area contributed by atoms with Crippen LogP contribution in [0, 0.1) is 13.8 Å². The Morgan fingerprint density at radius 2 is 1.78 bits per heavy atom. The zero-order valence-electron chi connectivity index (χ0n) is 13.2. The molecule has 2 heterocycles. The molecule has 0 aliphatic carbocycles. The first-order chi connectivity index (χ1) is 11.2. The monoisotopic (exact) mass is 319 g/mol. The maximum atomic E-state index is 4.64. The van der Waals surface area contributed by atoms with E-state index in [1.54, 1.807) is 0 Å².